The lowest BCUT2D eigenvalue weighted by Gasteiger charge is -2.05. The molecule has 1 N–H and O–H groups in total. The lowest BCUT2D eigenvalue weighted by molar-refractivity contribution is -0.0497. The van der Waals surface area contributed by atoms with Crippen molar-refractivity contribution in [1.29, 1.82) is 0 Å². The van der Waals surface area contributed by atoms with E-state index in [9.17, 15) is 18.0 Å². The van der Waals surface area contributed by atoms with E-state index in [4.69, 9.17) is 4.42 Å². The number of alkyl halides is 2. The van der Waals surface area contributed by atoms with Crippen LogP contribution in [-0.4, -0.2) is 64.2 Å². The number of hydrogen-bond donors (Lipinski definition) is 1. The molecule has 0 aliphatic heterocycles. The van der Waals surface area contributed by atoms with Crippen LogP contribution in [0.3, 0.4) is 0 Å². The molecule has 7 nitrogen and oxygen atoms in total. The molecule has 0 aliphatic rings. The quantitative estimate of drug-likeness (QED) is 0.284. The molecule has 1 amide bonds. The second kappa shape index (κ2) is 15.6. The minimum atomic E-state index is -2.98. The Hall–Kier alpha value is -3.33. The number of amides is 1. The third-order valence-electron chi connectivity index (χ3n) is 4.62. The maximum absolute atomic E-state index is 13.1. The SMILES string of the molecule is CCN=C=NCCCN(C)C.CNC(=O)c1c(-c2ccc(F)cc2)oc2ccc(OC(F)F)cc12.Cl. The Labute approximate surface area is 214 Å². The minimum absolute atomic E-state index is 0. The zero-order chi connectivity index (χ0) is 25.8. The van der Waals surface area contributed by atoms with E-state index in [-0.39, 0.29) is 29.5 Å². The van der Waals surface area contributed by atoms with Crippen LogP contribution in [-0.2, 0) is 0 Å². The highest BCUT2D eigenvalue weighted by molar-refractivity contribution is 6.11. The number of halogens is 4. The van der Waals surface area contributed by atoms with E-state index < -0.39 is 18.3 Å². The minimum Gasteiger partial charge on any atom is -0.455 e. The average molecular weight is 527 g/mol. The zero-order valence-electron chi connectivity index (χ0n) is 20.6. The Morgan fingerprint density at radius 2 is 1.86 bits per heavy atom. The largest absolute Gasteiger partial charge is 0.455 e. The Kier molecular flexibility index (Phi) is 13.3. The lowest BCUT2D eigenvalue weighted by Crippen LogP contribution is -2.18. The first-order valence-electron chi connectivity index (χ1n) is 11.0. The number of nitrogens with zero attached hydrogens (tertiary/aromatic N) is 3. The molecule has 11 heteroatoms. The fourth-order valence-electron chi connectivity index (χ4n) is 3.04. The van der Waals surface area contributed by atoms with Gasteiger partial charge in [-0.05, 0) is 76.4 Å². The molecule has 0 bridgehead atoms. The smallest absolute Gasteiger partial charge is 0.387 e. The Bertz CT molecular complexity index is 1160. The van der Waals surface area contributed by atoms with Crippen molar-refractivity contribution in [3.8, 4) is 17.1 Å². The summed E-state index contributed by atoms with van der Waals surface area (Å²) in [5.41, 5.74) is 0.982. The third-order valence-corrected chi connectivity index (χ3v) is 4.62. The van der Waals surface area contributed by atoms with E-state index in [1.54, 1.807) is 0 Å². The number of furan rings is 1. The van der Waals surface area contributed by atoms with Crippen LogP contribution in [0.25, 0.3) is 22.3 Å². The van der Waals surface area contributed by atoms with Gasteiger partial charge < -0.3 is 19.4 Å². The van der Waals surface area contributed by atoms with Crippen molar-refractivity contribution in [2.24, 2.45) is 9.98 Å². The van der Waals surface area contributed by atoms with Gasteiger partial charge in [0.15, 0.2) is 0 Å². The van der Waals surface area contributed by atoms with Crippen LogP contribution in [0.1, 0.15) is 23.7 Å². The van der Waals surface area contributed by atoms with Crippen LogP contribution >= 0.6 is 12.4 Å². The number of ether oxygens (including phenoxy) is 1. The third kappa shape index (κ3) is 9.37. The van der Waals surface area contributed by atoms with Crippen LogP contribution < -0.4 is 10.1 Å². The molecule has 196 valence electrons. The first-order chi connectivity index (χ1) is 16.8. The molecule has 36 heavy (non-hydrogen) atoms. The van der Waals surface area contributed by atoms with Gasteiger partial charge in [0.2, 0.25) is 0 Å². The van der Waals surface area contributed by atoms with Crippen molar-refractivity contribution in [2.45, 2.75) is 20.0 Å². The van der Waals surface area contributed by atoms with E-state index in [2.05, 4.69) is 45.0 Å². The van der Waals surface area contributed by atoms with E-state index in [0.717, 1.165) is 26.1 Å². The molecule has 0 fully saturated rings. The van der Waals surface area contributed by atoms with Gasteiger partial charge >= 0.3 is 6.61 Å². The molecule has 0 unspecified atom stereocenters. The highest BCUT2D eigenvalue weighted by atomic mass is 35.5. The number of rotatable bonds is 9. The molecule has 1 aromatic heterocycles. The summed E-state index contributed by atoms with van der Waals surface area (Å²) in [6, 6.07) is 12.1. The van der Waals surface area contributed by atoms with Crippen molar-refractivity contribution in [3.05, 3.63) is 53.8 Å². The maximum Gasteiger partial charge on any atom is 0.387 e. The summed E-state index contributed by atoms with van der Waals surface area (Å²) in [4.78, 5) is 22.2. The lowest BCUT2D eigenvalue weighted by atomic mass is 10.0. The number of benzene rings is 2. The first-order valence-corrected chi connectivity index (χ1v) is 11.0. The van der Waals surface area contributed by atoms with Crippen molar-refractivity contribution < 1.29 is 27.1 Å². The van der Waals surface area contributed by atoms with Gasteiger partial charge in [-0.2, -0.15) is 8.78 Å². The van der Waals surface area contributed by atoms with Crippen LogP contribution in [0.4, 0.5) is 13.2 Å². The van der Waals surface area contributed by atoms with Crippen LogP contribution in [0.15, 0.2) is 56.9 Å². The maximum atomic E-state index is 13.1. The van der Waals surface area contributed by atoms with E-state index in [1.807, 2.05) is 6.92 Å². The molecular formula is C25H30ClF3N4O3. The Balaban J connectivity index is 0.000000462. The number of carbonyl (C=O) groups excluding carboxylic acids is 1. The molecule has 0 saturated heterocycles. The molecule has 3 rings (SSSR count). The molecule has 0 saturated carbocycles. The Morgan fingerprint density at radius 3 is 2.44 bits per heavy atom. The number of carbonyl (C=O) groups is 1. The number of hydrogen-bond acceptors (Lipinski definition) is 6. The van der Waals surface area contributed by atoms with Crippen molar-refractivity contribution in [1.82, 2.24) is 10.2 Å². The number of nitrogens with one attached hydrogen (secondary N) is 1. The van der Waals surface area contributed by atoms with Gasteiger partial charge in [0.1, 0.15) is 22.9 Å². The molecule has 0 atom stereocenters. The fraction of sp³-hybridized carbons (Fsp3) is 0.360. The number of aliphatic imine (C=N–C) groups is 2. The molecule has 0 radical (unpaired) electrons. The van der Waals surface area contributed by atoms with Gasteiger partial charge in [0, 0.05) is 24.5 Å². The zero-order valence-corrected chi connectivity index (χ0v) is 21.4. The second-order valence-electron chi connectivity index (χ2n) is 7.54. The molecule has 2 aromatic carbocycles. The topological polar surface area (TPSA) is 79.4 Å². The van der Waals surface area contributed by atoms with E-state index in [1.165, 1.54) is 49.5 Å². The summed E-state index contributed by atoms with van der Waals surface area (Å²) in [6.45, 7) is 1.69. The van der Waals surface area contributed by atoms with Gasteiger partial charge in [-0.1, -0.05) is 0 Å². The molecule has 0 aliphatic carbocycles. The fourth-order valence-corrected chi connectivity index (χ4v) is 3.04. The predicted octanol–water partition coefficient (Wildman–Crippen LogP) is 5.75. The first kappa shape index (κ1) is 30.7. The summed E-state index contributed by atoms with van der Waals surface area (Å²) in [7, 11) is 5.56. The summed E-state index contributed by atoms with van der Waals surface area (Å²) in [5.74, 6) is -0.751. The van der Waals surface area contributed by atoms with Crippen LogP contribution in [0, 0.1) is 5.82 Å². The summed E-state index contributed by atoms with van der Waals surface area (Å²) < 4.78 is 47.9. The summed E-state index contributed by atoms with van der Waals surface area (Å²) in [5, 5.41) is 2.81. The van der Waals surface area contributed by atoms with Crippen molar-refractivity contribution >= 4 is 35.3 Å². The molecule has 0 spiro atoms. The standard InChI is InChI=1S/C17H12F3NO3.C8H17N3.ClH/c1-21-16(22)14-12-8-11(23-17(19)20)6-7-13(12)24-15(14)9-2-4-10(18)5-3-9;1-4-9-8-10-6-5-7-11(2)3;/h2-8,17H,1H3,(H,21,22);4-7H2,1-3H3;1H. The number of fused-ring (bicyclic) bond motifs is 1. The molecular weight excluding hydrogens is 497 g/mol. The van der Waals surface area contributed by atoms with Crippen LogP contribution in [0.5, 0.6) is 5.75 Å². The second-order valence-corrected chi connectivity index (χ2v) is 7.54. The highest BCUT2D eigenvalue weighted by Gasteiger charge is 2.22. The monoisotopic (exact) mass is 526 g/mol. The van der Waals surface area contributed by atoms with Gasteiger partial charge in [0.05, 0.1) is 18.1 Å². The van der Waals surface area contributed by atoms with E-state index in [0.29, 0.717) is 16.5 Å². The predicted molar refractivity (Wildman–Crippen MR) is 137 cm³/mol. The van der Waals surface area contributed by atoms with Gasteiger partial charge in [0.25, 0.3) is 5.91 Å². The normalized spacial score (nSPS) is 10.2. The van der Waals surface area contributed by atoms with Gasteiger partial charge in [-0.15, -0.1) is 12.4 Å². The molecule has 1 heterocycles. The summed E-state index contributed by atoms with van der Waals surface area (Å²) in [6.07, 6.45) is 1.08. The summed E-state index contributed by atoms with van der Waals surface area (Å²) >= 11 is 0. The average Bonchev–Trinajstić information content (AvgIpc) is 3.20. The van der Waals surface area contributed by atoms with Crippen molar-refractivity contribution in [3.63, 3.8) is 0 Å². The van der Waals surface area contributed by atoms with Crippen LogP contribution in [0.2, 0.25) is 0 Å². The van der Waals surface area contributed by atoms with E-state index >= 15 is 0 Å². The highest BCUT2D eigenvalue weighted by Crippen LogP contribution is 2.35. The Morgan fingerprint density at radius 1 is 1.17 bits per heavy atom. The van der Waals surface area contributed by atoms with Gasteiger partial charge in [-0.3, -0.25) is 4.79 Å². The molecule has 3 aromatic rings. The van der Waals surface area contributed by atoms with Crippen molar-refractivity contribution in [2.75, 3.05) is 40.8 Å². The van der Waals surface area contributed by atoms with Gasteiger partial charge in [-0.25, -0.2) is 14.4 Å².